The Labute approximate surface area is 131 Å². The van der Waals surface area contributed by atoms with Crippen molar-refractivity contribution in [2.45, 2.75) is 20.3 Å². The molecule has 0 saturated carbocycles. The van der Waals surface area contributed by atoms with Crippen molar-refractivity contribution in [3.05, 3.63) is 39.8 Å². The molecule has 2 rings (SSSR count). The number of carbonyl (C=O) groups is 2. The van der Waals surface area contributed by atoms with E-state index in [2.05, 4.69) is 10.3 Å². The van der Waals surface area contributed by atoms with Crippen LogP contribution in [0.3, 0.4) is 0 Å². The van der Waals surface area contributed by atoms with Crippen molar-refractivity contribution in [3.8, 4) is 5.75 Å². The van der Waals surface area contributed by atoms with E-state index >= 15 is 0 Å². The van der Waals surface area contributed by atoms with Crippen molar-refractivity contribution in [1.82, 2.24) is 4.98 Å². The molecule has 0 unspecified atom stereocenters. The number of aromatic carboxylic acids is 1. The van der Waals surface area contributed by atoms with E-state index in [9.17, 15) is 9.59 Å². The van der Waals surface area contributed by atoms with E-state index in [1.165, 1.54) is 0 Å². The zero-order valence-corrected chi connectivity index (χ0v) is 13.1. The van der Waals surface area contributed by atoms with Crippen LogP contribution in [0, 0.1) is 6.92 Å². The molecule has 0 aliphatic rings. The van der Waals surface area contributed by atoms with E-state index in [-0.39, 0.29) is 17.2 Å². The highest BCUT2D eigenvalue weighted by Gasteiger charge is 2.16. The van der Waals surface area contributed by atoms with Gasteiger partial charge in [0.1, 0.15) is 15.6 Å². The van der Waals surface area contributed by atoms with Crippen molar-refractivity contribution in [3.63, 3.8) is 0 Å². The number of aryl methyl sites for hydroxylation is 1. The van der Waals surface area contributed by atoms with Crippen LogP contribution in [0.4, 0.5) is 5.69 Å². The number of amides is 1. The average molecular weight is 320 g/mol. The number of carboxylic acids is 1. The summed E-state index contributed by atoms with van der Waals surface area (Å²) in [5.41, 5.74) is 1.01. The number of thiazole rings is 1. The van der Waals surface area contributed by atoms with Gasteiger partial charge in [-0.25, -0.2) is 9.78 Å². The van der Waals surface area contributed by atoms with Crippen molar-refractivity contribution in [1.29, 1.82) is 0 Å². The Morgan fingerprint density at radius 1 is 1.36 bits per heavy atom. The quantitative estimate of drug-likeness (QED) is 0.854. The van der Waals surface area contributed by atoms with Crippen LogP contribution in [-0.4, -0.2) is 28.6 Å². The fourth-order valence-corrected chi connectivity index (χ4v) is 2.81. The minimum atomic E-state index is -1.02. The molecule has 1 aromatic heterocycles. The van der Waals surface area contributed by atoms with Gasteiger partial charge < -0.3 is 15.2 Å². The van der Waals surface area contributed by atoms with Crippen molar-refractivity contribution >= 4 is 28.9 Å². The lowest BCUT2D eigenvalue weighted by atomic mass is 10.3. The predicted octanol–water partition coefficient (Wildman–Crippen LogP) is 2.73. The number of anilines is 1. The molecule has 7 heteroatoms. The number of carboxylic acid groups (broad SMARTS) is 1. The van der Waals surface area contributed by atoms with Crippen molar-refractivity contribution in [2.24, 2.45) is 0 Å². The second-order valence-electron chi connectivity index (χ2n) is 4.48. The van der Waals surface area contributed by atoms with E-state index in [0.717, 1.165) is 11.3 Å². The summed E-state index contributed by atoms with van der Waals surface area (Å²) in [6.07, 6.45) is 0.0270. The summed E-state index contributed by atoms with van der Waals surface area (Å²) in [5, 5.41) is 12.2. The molecule has 1 amide bonds. The third-order valence-electron chi connectivity index (χ3n) is 2.81. The van der Waals surface area contributed by atoms with Gasteiger partial charge in [-0.2, -0.15) is 0 Å². The van der Waals surface area contributed by atoms with E-state index in [4.69, 9.17) is 9.84 Å². The fourth-order valence-electron chi connectivity index (χ4n) is 1.91. The number of benzene rings is 1. The third kappa shape index (κ3) is 3.82. The van der Waals surface area contributed by atoms with E-state index in [0.29, 0.717) is 28.7 Å². The largest absolute Gasteiger partial charge is 0.492 e. The van der Waals surface area contributed by atoms with Gasteiger partial charge in [0.2, 0.25) is 5.91 Å². The van der Waals surface area contributed by atoms with Gasteiger partial charge in [-0.3, -0.25) is 4.79 Å². The standard InChI is InChI=1S/C15H16N2O4S/c1-3-21-11-7-5-4-6-10(11)17-12(18)8-13-16-9(2)14(22-13)15(19)20/h4-7H,3,8H2,1-2H3,(H,17,18)(H,19,20). The highest BCUT2D eigenvalue weighted by atomic mass is 32.1. The first-order valence-corrected chi connectivity index (χ1v) is 7.54. The van der Waals surface area contributed by atoms with Gasteiger partial charge in [0.25, 0.3) is 0 Å². The Hall–Kier alpha value is -2.41. The lowest BCUT2D eigenvalue weighted by Crippen LogP contribution is -2.15. The van der Waals surface area contributed by atoms with Crippen LogP contribution in [-0.2, 0) is 11.2 Å². The molecule has 6 nitrogen and oxygen atoms in total. The van der Waals surface area contributed by atoms with Gasteiger partial charge in [0.15, 0.2) is 0 Å². The van der Waals surface area contributed by atoms with Gasteiger partial charge in [0, 0.05) is 0 Å². The molecule has 0 spiro atoms. The Bertz CT molecular complexity index is 697. The monoisotopic (exact) mass is 320 g/mol. The molecule has 0 fully saturated rings. The Morgan fingerprint density at radius 2 is 2.09 bits per heavy atom. The van der Waals surface area contributed by atoms with Crippen LogP contribution < -0.4 is 10.1 Å². The molecule has 0 saturated heterocycles. The minimum Gasteiger partial charge on any atom is -0.492 e. The van der Waals surface area contributed by atoms with E-state index in [1.54, 1.807) is 25.1 Å². The highest BCUT2D eigenvalue weighted by molar-refractivity contribution is 7.13. The summed E-state index contributed by atoms with van der Waals surface area (Å²) in [7, 11) is 0. The predicted molar refractivity (Wildman–Crippen MR) is 83.8 cm³/mol. The molecule has 2 N–H and O–H groups in total. The Kier molecular flexibility index (Phi) is 5.11. The molecule has 0 aliphatic heterocycles. The maximum absolute atomic E-state index is 12.1. The molecular weight excluding hydrogens is 304 g/mol. The van der Waals surface area contributed by atoms with Crippen LogP contribution in [0.1, 0.15) is 27.3 Å². The molecule has 0 bridgehead atoms. The number of para-hydroxylation sites is 2. The van der Waals surface area contributed by atoms with Crippen molar-refractivity contribution in [2.75, 3.05) is 11.9 Å². The number of nitrogens with zero attached hydrogens (tertiary/aromatic N) is 1. The molecule has 0 atom stereocenters. The van der Waals surface area contributed by atoms with Crippen LogP contribution in [0.5, 0.6) is 5.75 Å². The first-order chi connectivity index (χ1) is 10.5. The lowest BCUT2D eigenvalue weighted by molar-refractivity contribution is -0.115. The second-order valence-corrected chi connectivity index (χ2v) is 5.57. The SMILES string of the molecule is CCOc1ccccc1NC(=O)Cc1nc(C)c(C(=O)O)s1. The first-order valence-electron chi connectivity index (χ1n) is 6.72. The fraction of sp³-hybridized carbons (Fsp3) is 0.267. The zero-order valence-electron chi connectivity index (χ0n) is 12.3. The molecule has 0 radical (unpaired) electrons. The lowest BCUT2D eigenvalue weighted by Gasteiger charge is -2.10. The normalized spacial score (nSPS) is 10.3. The van der Waals surface area contributed by atoms with Gasteiger partial charge >= 0.3 is 5.97 Å². The van der Waals surface area contributed by atoms with Gasteiger partial charge in [-0.1, -0.05) is 12.1 Å². The zero-order chi connectivity index (χ0) is 16.1. The number of carbonyl (C=O) groups excluding carboxylic acids is 1. The number of aromatic nitrogens is 1. The van der Waals surface area contributed by atoms with Gasteiger partial charge in [-0.05, 0) is 26.0 Å². The maximum Gasteiger partial charge on any atom is 0.347 e. The van der Waals surface area contributed by atoms with Crippen molar-refractivity contribution < 1.29 is 19.4 Å². The van der Waals surface area contributed by atoms with Crippen LogP contribution >= 0.6 is 11.3 Å². The molecule has 0 aliphatic carbocycles. The Balaban J connectivity index is 2.07. The molecular formula is C15H16N2O4S. The van der Waals surface area contributed by atoms with Crippen LogP contribution in [0.25, 0.3) is 0 Å². The molecule has 1 heterocycles. The summed E-state index contributed by atoms with van der Waals surface area (Å²) < 4.78 is 5.44. The molecule has 2 aromatic rings. The smallest absolute Gasteiger partial charge is 0.347 e. The maximum atomic E-state index is 12.1. The molecule has 116 valence electrons. The summed E-state index contributed by atoms with van der Waals surface area (Å²) in [4.78, 5) is 27.3. The topological polar surface area (TPSA) is 88.5 Å². The first kappa shape index (κ1) is 16.0. The number of rotatable bonds is 6. The summed E-state index contributed by atoms with van der Waals surface area (Å²) in [5.74, 6) is -0.693. The molecule has 22 heavy (non-hydrogen) atoms. The summed E-state index contributed by atoms with van der Waals surface area (Å²) in [6.45, 7) is 3.98. The summed E-state index contributed by atoms with van der Waals surface area (Å²) >= 11 is 1.02. The van der Waals surface area contributed by atoms with Gasteiger partial charge in [-0.15, -0.1) is 11.3 Å². The molecule has 1 aromatic carbocycles. The summed E-state index contributed by atoms with van der Waals surface area (Å²) in [6, 6.07) is 7.14. The van der Waals surface area contributed by atoms with E-state index < -0.39 is 5.97 Å². The second kappa shape index (κ2) is 7.04. The van der Waals surface area contributed by atoms with E-state index in [1.807, 2.05) is 13.0 Å². The highest BCUT2D eigenvalue weighted by Crippen LogP contribution is 2.24. The third-order valence-corrected chi connectivity index (χ3v) is 3.95. The van der Waals surface area contributed by atoms with Crippen LogP contribution in [0.2, 0.25) is 0 Å². The number of hydrogen-bond acceptors (Lipinski definition) is 5. The Morgan fingerprint density at radius 3 is 2.73 bits per heavy atom. The van der Waals surface area contributed by atoms with Crippen LogP contribution in [0.15, 0.2) is 24.3 Å². The number of hydrogen-bond donors (Lipinski definition) is 2. The number of ether oxygens (including phenoxy) is 1. The van der Waals surface area contributed by atoms with Gasteiger partial charge in [0.05, 0.1) is 24.4 Å². The minimum absolute atomic E-state index is 0.0270. The average Bonchev–Trinajstić information content (AvgIpc) is 2.82. The number of nitrogens with one attached hydrogen (secondary N) is 1.